The zero-order chi connectivity index (χ0) is 15.2. The molecule has 1 aliphatic heterocycles. The van der Waals surface area contributed by atoms with Gasteiger partial charge >= 0.3 is 0 Å². The second kappa shape index (κ2) is 4.31. The lowest BCUT2D eigenvalue weighted by atomic mass is 10.1. The average molecular weight is 433 g/mol. The monoisotopic (exact) mass is 432 g/mol. The molecule has 0 amide bonds. The number of halogens is 2. The highest BCUT2D eigenvalue weighted by Crippen LogP contribution is 2.63. The van der Waals surface area contributed by atoms with E-state index in [0.29, 0.717) is 26.3 Å². The van der Waals surface area contributed by atoms with E-state index in [0.717, 1.165) is 5.65 Å². The van der Waals surface area contributed by atoms with Crippen LogP contribution in [0.25, 0.3) is 11.2 Å². The van der Waals surface area contributed by atoms with Gasteiger partial charge in [-0.25, -0.2) is 15.0 Å². The molecule has 0 aromatic carbocycles. The molecule has 2 aliphatic carbocycles. The van der Waals surface area contributed by atoms with E-state index in [9.17, 15) is 0 Å². The number of rotatable bonds is 1. The summed E-state index contributed by atoms with van der Waals surface area (Å²) in [6, 6.07) is 0.212. The number of hydrogen-bond acceptors (Lipinski definition) is 5. The second-order valence-electron chi connectivity index (χ2n) is 6.73. The SMILES string of the molecule is CC1(C)O[C@@H]2[C@H](O1)[C@@H]1CC1[C@H]2n1cnc2c(Cl)nc(I)nc21. The fraction of sp³-hybridized carbons (Fsp3) is 0.643. The molecule has 8 heteroatoms. The highest BCUT2D eigenvalue weighted by molar-refractivity contribution is 14.1. The second-order valence-corrected chi connectivity index (χ2v) is 8.05. The zero-order valence-corrected chi connectivity index (χ0v) is 14.9. The highest BCUT2D eigenvalue weighted by Gasteiger charge is 2.66. The first-order valence-corrected chi connectivity index (χ1v) is 8.81. The summed E-state index contributed by atoms with van der Waals surface area (Å²) in [6.07, 6.45) is 3.24. The molecule has 2 aromatic heterocycles. The summed E-state index contributed by atoms with van der Waals surface area (Å²) in [6.45, 7) is 3.96. The van der Waals surface area contributed by atoms with Gasteiger partial charge in [0, 0.05) is 22.6 Å². The van der Waals surface area contributed by atoms with Crippen molar-refractivity contribution in [1.82, 2.24) is 19.5 Å². The van der Waals surface area contributed by atoms with Crippen molar-refractivity contribution in [2.75, 3.05) is 0 Å². The number of aromatic nitrogens is 4. The Morgan fingerprint density at radius 1 is 1.27 bits per heavy atom. The Labute approximate surface area is 145 Å². The van der Waals surface area contributed by atoms with Gasteiger partial charge in [-0.15, -0.1) is 0 Å². The Hall–Kier alpha value is -0.510. The third-order valence-corrected chi connectivity index (χ3v) is 5.67. The molecule has 5 rings (SSSR count). The number of hydrogen-bond donors (Lipinski definition) is 0. The van der Waals surface area contributed by atoms with Gasteiger partial charge in [0.15, 0.2) is 20.4 Å². The van der Waals surface area contributed by atoms with Crippen LogP contribution in [0.1, 0.15) is 26.3 Å². The third-order valence-electron chi connectivity index (χ3n) is 4.92. The summed E-state index contributed by atoms with van der Waals surface area (Å²) >= 11 is 8.28. The molecule has 3 aliphatic rings. The summed E-state index contributed by atoms with van der Waals surface area (Å²) in [5, 5.41) is 0.402. The fourth-order valence-electron chi connectivity index (χ4n) is 4.10. The van der Waals surface area contributed by atoms with Crippen molar-refractivity contribution in [2.24, 2.45) is 11.8 Å². The quantitative estimate of drug-likeness (QED) is 0.394. The van der Waals surface area contributed by atoms with Crippen LogP contribution in [0.5, 0.6) is 0 Å². The average Bonchev–Trinajstić information content (AvgIpc) is 2.84. The number of imidazole rings is 1. The normalized spacial score (nSPS) is 38.3. The first-order valence-electron chi connectivity index (χ1n) is 7.36. The molecule has 3 fully saturated rings. The van der Waals surface area contributed by atoms with E-state index in [2.05, 4.69) is 42.1 Å². The first-order chi connectivity index (χ1) is 10.4. The van der Waals surface area contributed by atoms with E-state index in [1.165, 1.54) is 6.42 Å². The molecule has 0 bridgehead atoms. The van der Waals surface area contributed by atoms with Gasteiger partial charge in [-0.3, -0.25) is 0 Å². The molecule has 0 radical (unpaired) electrons. The molecule has 116 valence electrons. The van der Waals surface area contributed by atoms with E-state index < -0.39 is 5.79 Å². The maximum atomic E-state index is 6.20. The smallest absolute Gasteiger partial charge is 0.194 e. The van der Waals surface area contributed by atoms with Crippen LogP contribution in [0.15, 0.2) is 6.33 Å². The lowest BCUT2D eigenvalue weighted by Gasteiger charge is -2.24. The fourth-order valence-corrected chi connectivity index (χ4v) is 4.93. The molecule has 2 saturated carbocycles. The van der Waals surface area contributed by atoms with Crippen LogP contribution in [-0.4, -0.2) is 37.5 Å². The summed E-state index contributed by atoms with van der Waals surface area (Å²) in [4.78, 5) is 13.1. The van der Waals surface area contributed by atoms with Crippen LogP contribution < -0.4 is 0 Å². The Morgan fingerprint density at radius 3 is 2.86 bits per heavy atom. The van der Waals surface area contributed by atoms with Crippen molar-refractivity contribution in [3.05, 3.63) is 15.3 Å². The molecule has 1 saturated heterocycles. The first kappa shape index (κ1) is 13.9. The van der Waals surface area contributed by atoms with Crippen LogP contribution in [-0.2, 0) is 9.47 Å². The van der Waals surface area contributed by atoms with Gasteiger partial charge in [-0.2, -0.15) is 0 Å². The van der Waals surface area contributed by atoms with Gasteiger partial charge in [0.25, 0.3) is 0 Å². The van der Waals surface area contributed by atoms with Gasteiger partial charge in [0.2, 0.25) is 0 Å². The Morgan fingerprint density at radius 2 is 2.05 bits per heavy atom. The van der Waals surface area contributed by atoms with Gasteiger partial charge in [0.05, 0.1) is 18.5 Å². The standard InChI is InChI=1S/C14H14ClIN4O2/c1-14(2)21-9-6-3-5(6)8(10(9)22-14)20-4-17-7-11(15)18-13(16)19-12(7)20/h4-6,8-10H,3H2,1-2H3/t5?,6-,8-,9-,10+/m1/s1. The van der Waals surface area contributed by atoms with Gasteiger partial charge in [-0.1, -0.05) is 11.6 Å². The Bertz CT molecular complexity index is 794. The molecule has 2 aromatic rings. The molecule has 3 heterocycles. The molecule has 6 nitrogen and oxygen atoms in total. The maximum absolute atomic E-state index is 6.20. The van der Waals surface area contributed by atoms with E-state index in [-0.39, 0.29) is 18.2 Å². The maximum Gasteiger partial charge on any atom is 0.194 e. The van der Waals surface area contributed by atoms with Crippen LogP contribution in [0.4, 0.5) is 0 Å². The zero-order valence-electron chi connectivity index (χ0n) is 12.0. The molecular formula is C14H14ClIN4O2. The molecule has 0 spiro atoms. The minimum atomic E-state index is -0.515. The Balaban J connectivity index is 1.63. The third kappa shape index (κ3) is 1.82. The van der Waals surface area contributed by atoms with Crippen molar-refractivity contribution in [2.45, 2.75) is 44.3 Å². The predicted molar refractivity (Wildman–Crippen MR) is 87.5 cm³/mol. The molecule has 22 heavy (non-hydrogen) atoms. The van der Waals surface area contributed by atoms with Crippen LogP contribution >= 0.6 is 34.2 Å². The van der Waals surface area contributed by atoms with Gasteiger partial charge in [-0.05, 0) is 32.1 Å². The minimum Gasteiger partial charge on any atom is -0.344 e. The molecule has 0 N–H and O–H groups in total. The number of ether oxygens (including phenoxy) is 2. The minimum absolute atomic E-state index is 0.0579. The lowest BCUT2D eigenvalue weighted by Crippen LogP contribution is -2.30. The van der Waals surface area contributed by atoms with Gasteiger partial charge in [0.1, 0.15) is 11.6 Å². The van der Waals surface area contributed by atoms with Crippen LogP contribution in [0.3, 0.4) is 0 Å². The molecular weight excluding hydrogens is 419 g/mol. The van der Waals surface area contributed by atoms with E-state index in [4.69, 9.17) is 21.1 Å². The number of nitrogens with zero attached hydrogens (tertiary/aromatic N) is 4. The largest absolute Gasteiger partial charge is 0.344 e. The van der Waals surface area contributed by atoms with E-state index in [1.54, 1.807) is 0 Å². The van der Waals surface area contributed by atoms with Crippen molar-refractivity contribution < 1.29 is 9.47 Å². The summed E-state index contributed by atoms with van der Waals surface area (Å²) < 4.78 is 15.0. The van der Waals surface area contributed by atoms with E-state index >= 15 is 0 Å². The molecule has 1 unspecified atom stereocenters. The summed E-state index contributed by atoms with van der Waals surface area (Å²) in [7, 11) is 0. The summed E-state index contributed by atoms with van der Waals surface area (Å²) in [5.41, 5.74) is 1.44. The van der Waals surface area contributed by atoms with Crippen molar-refractivity contribution >= 4 is 45.4 Å². The Kier molecular flexibility index (Phi) is 2.72. The topological polar surface area (TPSA) is 62.1 Å². The van der Waals surface area contributed by atoms with Crippen molar-refractivity contribution in [3.8, 4) is 0 Å². The number of fused-ring (bicyclic) bond motifs is 4. The highest BCUT2D eigenvalue weighted by atomic mass is 127. The predicted octanol–water partition coefficient (Wildman–Crippen LogP) is 2.80. The van der Waals surface area contributed by atoms with E-state index in [1.807, 2.05) is 20.2 Å². The summed E-state index contributed by atoms with van der Waals surface area (Å²) in [5.74, 6) is 0.652. The van der Waals surface area contributed by atoms with Crippen molar-refractivity contribution in [3.63, 3.8) is 0 Å². The van der Waals surface area contributed by atoms with Crippen molar-refractivity contribution in [1.29, 1.82) is 0 Å². The van der Waals surface area contributed by atoms with Gasteiger partial charge < -0.3 is 14.0 Å². The lowest BCUT2D eigenvalue weighted by molar-refractivity contribution is -0.156. The van der Waals surface area contributed by atoms with Crippen LogP contribution in [0, 0.1) is 15.7 Å². The van der Waals surface area contributed by atoms with Crippen LogP contribution in [0.2, 0.25) is 5.15 Å². The molecule has 5 atom stereocenters.